The van der Waals surface area contributed by atoms with Gasteiger partial charge < -0.3 is 15.2 Å². The van der Waals surface area contributed by atoms with E-state index in [9.17, 15) is 0 Å². The molecule has 0 radical (unpaired) electrons. The zero-order valence-electron chi connectivity index (χ0n) is 15.5. The van der Waals surface area contributed by atoms with E-state index in [1.807, 2.05) is 29.1 Å². The second-order valence-corrected chi connectivity index (χ2v) is 6.25. The highest BCUT2D eigenvalue weighted by atomic mass is 127. The van der Waals surface area contributed by atoms with Crippen LogP contribution in [-0.2, 0) is 13.0 Å². The highest BCUT2D eigenvalue weighted by molar-refractivity contribution is 14.0. The predicted molar refractivity (Wildman–Crippen MR) is 120 cm³/mol. The molecule has 3 rings (SSSR count). The first kappa shape index (κ1) is 22.2. The molecular weight excluding hydrogens is 493 g/mol. The summed E-state index contributed by atoms with van der Waals surface area (Å²) < 4.78 is 7.21. The molecule has 0 atom stereocenters. The van der Waals surface area contributed by atoms with E-state index in [-0.39, 0.29) is 24.0 Å². The van der Waals surface area contributed by atoms with E-state index in [0.29, 0.717) is 29.7 Å². The summed E-state index contributed by atoms with van der Waals surface area (Å²) in [7, 11) is 1.74. The van der Waals surface area contributed by atoms with Gasteiger partial charge in [-0.25, -0.2) is 0 Å². The van der Waals surface area contributed by atoms with Gasteiger partial charge in [0.15, 0.2) is 5.96 Å². The molecule has 0 bridgehead atoms. The molecule has 0 aliphatic rings. The number of aromatic nitrogens is 4. The summed E-state index contributed by atoms with van der Waals surface area (Å²) in [4.78, 5) is 8.61. The van der Waals surface area contributed by atoms with E-state index < -0.39 is 0 Å². The Hall–Kier alpha value is -2.14. The van der Waals surface area contributed by atoms with Gasteiger partial charge in [0, 0.05) is 56.1 Å². The number of nitrogens with one attached hydrogen (secondary N) is 2. The fraction of sp³-hybridized carbons (Fsp3) is 0.333. The van der Waals surface area contributed by atoms with Gasteiger partial charge in [0.2, 0.25) is 11.7 Å². The Labute approximate surface area is 185 Å². The van der Waals surface area contributed by atoms with Crippen molar-refractivity contribution in [3.63, 3.8) is 0 Å². The Balaban J connectivity index is 0.00000280. The van der Waals surface area contributed by atoms with Crippen molar-refractivity contribution in [2.75, 3.05) is 20.1 Å². The quantitative estimate of drug-likeness (QED) is 0.207. The maximum atomic E-state index is 5.89. The van der Waals surface area contributed by atoms with Crippen LogP contribution in [0.5, 0.6) is 0 Å². The van der Waals surface area contributed by atoms with E-state index in [1.165, 1.54) is 0 Å². The Kier molecular flexibility index (Phi) is 9.21. The maximum absolute atomic E-state index is 5.89. The summed E-state index contributed by atoms with van der Waals surface area (Å²) in [6.45, 7) is 2.31. The van der Waals surface area contributed by atoms with Crippen LogP contribution in [0.25, 0.3) is 11.4 Å². The number of halogens is 2. The van der Waals surface area contributed by atoms with E-state index >= 15 is 0 Å². The minimum Gasteiger partial charge on any atom is -0.356 e. The number of hydrogen-bond acceptors (Lipinski definition) is 5. The summed E-state index contributed by atoms with van der Waals surface area (Å²) >= 11 is 5.89. The van der Waals surface area contributed by atoms with Crippen LogP contribution in [0.2, 0.25) is 5.02 Å². The Morgan fingerprint density at radius 3 is 2.71 bits per heavy atom. The van der Waals surface area contributed by atoms with E-state index in [4.69, 9.17) is 16.1 Å². The van der Waals surface area contributed by atoms with Gasteiger partial charge in [-0.3, -0.25) is 9.67 Å². The molecule has 0 spiro atoms. The molecule has 150 valence electrons. The van der Waals surface area contributed by atoms with Crippen molar-refractivity contribution >= 4 is 41.5 Å². The number of aryl methyl sites for hydroxylation is 1. The smallest absolute Gasteiger partial charge is 0.228 e. The van der Waals surface area contributed by atoms with Gasteiger partial charge in [0.25, 0.3) is 0 Å². The molecule has 1 aromatic carbocycles. The lowest BCUT2D eigenvalue weighted by Gasteiger charge is -2.11. The second-order valence-electron chi connectivity index (χ2n) is 5.82. The minimum absolute atomic E-state index is 0. The lowest BCUT2D eigenvalue weighted by molar-refractivity contribution is 0.378. The first-order valence-electron chi connectivity index (χ1n) is 8.75. The van der Waals surface area contributed by atoms with Gasteiger partial charge in [-0.2, -0.15) is 10.1 Å². The zero-order chi connectivity index (χ0) is 18.9. The summed E-state index contributed by atoms with van der Waals surface area (Å²) in [6.07, 6.45) is 5.30. The SMILES string of the molecule is CN=C(NCCCn1cccn1)NCCc1nc(-c2ccc(Cl)cc2)no1.I. The van der Waals surface area contributed by atoms with Crippen LogP contribution in [0.4, 0.5) is 0 Å². The highest BCUT2D eigenvalue weighted by Crippen LogP contribution is 2.18. The molecule has 10 heteroatoms. The topological polar surface area (TPSA) is 93.2 Å². The first-order chi connectivity index (χ1) is 13.2. The molecule has 28 heavy (non-hydrogen) atoms. The average Bonchev–Trinajstić information content (AvgIpc) is 3.36. The highest BCUT2D eigenvalue weighted by Gasteiger charge is 2.08. The second kappa shape index (κ2) is 11.6. The van der Waals surface area contributed by atoms with Crippen LogP contribution in [0.1, 0.15) is 12.3 Å². The normalized spacial score (nSPS) is 11.1. The van der Waals surface area contributed by atoms with Crippen LogP contribution in [0.15, 0.2) is 52.2 Å². The van der Waals surface area contributed by atoms with Crippen molar-refractivity contribution in [1.82, 2.24) is 30.6 Å². The van der Waals surface area contributed by atoms with Crippen molar-refractivity contribution in [3.05, 3.63) is 53.6 Å². The van der Waals surface area contributed by atoms with Crippen molar-refractivity contribution in [2.24, 2.45) is 4.99 Å². The summed E-state index contributed by atoms with van der Waals surface area (Å²) in [5.74, 6) is 1.87. The van der Waals surface area contributed by atoms with Gasteiger partial charge in [0.1, 0.15) is 0 Å². The predicted octanol–water partition coefficient (Wildman–Crippen LogP) is 3.00. The largest absolute Gasteiger partial charge is 0.356 e. The first-order valence-corrected chi connectivity index (χ1v) is 9.13. The molecule has 3 aromatic rings. The molecule has 0 saturated carbocycles. The van der Waals surface area contributed by atoms with Gasteiger partial charge in [-0.15, -0.1) is 24.0 Å². The molecule has 8 nitrogen and oxygen atoms in total. The number of hydrogen-bond donors (Lipinski definition) is 2. The Morgan fingerprint density at radius 1 is 1.21 bits per heavy atom. The fourth-order valence-corrected chi connectivity index (χ4v) is 2.59. The number of aliphatic imine (C=N–C) groups is 1. The summed E-state index contributed by atoms with van der Waals surface area (Å²) in [5, 5.41) is 15.4. The molecule has 0 fully saturated rings. The number of benzene rings is 1. The third-order valence-corrected chi connectivity index (χ3v) is 4.09. The van der Waals surface area contributed by atoms with E-state index in [1.54, 1.807) is 25.4 Å². The fourth-order valence-electron chi connectivity index (χ4n) is 2.46. The molecule has 0 amide bonds. The summed E-state index contributed by atoms with van der Waals surface area (Å²) in [6, 6.07) is 9.26. The van der Waals surface area contributed by atoms with Crippen LogP contribution in [0.3, 0.4) is 0 Å². The molecule has 0 aliphatic heterocycles. The van der Waals surface area contributed by atoms with Crippen LogP contribution < -0.4 is 10.6 Å². The third kappa shape index (κ3) is 6.79. The molecule has 2 N–H and O–H groups in total. The van der Waals surface area contributed by atoms with E-state index in [2.05, 4.69) is 30.9 Å². The van der Waals surface area contributed by atoms with Gasteiger partial charge in [-0.05, 0) is 36.8 Å². The number of guanidine groups is 1. The molecule has 0 unspecified atom stereocenters. The van der Waals surface area contributed by atoms with Gasteiger partial charge >= 0.3 is 0 Å². The maximum Gasteiger partial charge on any atom is 0.228 e. The number of rotatable bonds is 8. The third-order valence-electron chi connectivity index (χ3n) is 3.84. The Bertz CT molecular complexity index is 849. The molecule has 0 aliphatic carbocycles. The average molecular weight is 516 g/mol. The number of nitrogens with zero attached hydrogens (tertiary/aromatic N) is 5. The van der Waals surface area contributed by atoms with Gasteiger partial charge in [0.05, 0.1) is 0 Å². The van der Waals surface area contributed by atoms with Crippen molar-refractivity contribution in [1.29, 1.82) is 0 Å². The van der Waals surface area contributed by atoms with Gasteiger partial charge in [-0.1, -0.05) is 16.8 Å². The lowest BCUT2D eigenvalue weighted by atomic mass is 10.2. The van der Waals surface area contributed by atoms with Crippen LogP contribution >= 0.6 is 35.6 Å². The van der Waals surface area contributed by atoms with Crippen molar-refractivity contribution < 1.29 is 4.52 Å². The summed E-state index contributed by atoms with van der Waals surface area (Å²) in [5.41, 5.74) is 0.872. The molecule has 0 saturated heterocycles. The lowest BCUT2D eigenvalue weighted by Crippen LogP contribution is -2.39. The minimum atomic E-state index is 0. The molecule has 2 aromatic heterocycles. The Morgan fingerprint density at radius 2 is 2.00 bits per heavy atom. The van der Waals surface area contributed by atoms with Crippen molar-refractivity contribution in [2.45, 2.75) is 19.4 Å². The van der Waals surface area contributed by atoms with E-state index in [0.717, 1.165) is 31.0 Å². The van der Waals surface area contributed by atoms with Crippen LogP contribution in [0, 0.1) is 0 Å². The molecular formula is C18H23ClIN7O. The zero-order valence-corrected chi connectivity index (χ0v) is 18.6. The van der Waals surface area contributed by atoms with Crippen molar-refractivity contribution in [3.8, 4) is 11.4 Å². The standard InChI is InChI=1S/C18H22ClN7O.HI/c1-20-18(21-9-2-12-26-13-3-10-23-26)22-11-8-16-24-17(25-27-16)14-4-6-15(19)7-5-14;/h3-7,10,13H,2,8-9,11-12H2,1H3,(H2,20,21,22);1H. The monoisotopic (exact) mass is 515 g/mol. The molecule has 2 heterocycles. The van der Waals surface area contributed by atoms with Crippen LogP contribution in [-0.4, -0.2) is 46.0 Å².